The number of rotatable bonds is 2. The summed E-state index contributed by atoms with van der Waals surface area (Å²) in [5.41, 5.74) is 8.48. The van der Waals surface area contributed by atoms with Crippen molar-refractivity contribution in [2.75, 3.05) is 36.5 Å². The van der Waals surface area contributed by atoms with Crippen LogP contribution in [-0.4, -0.2) is 32.7 Å². The molecule has 1 aromatic rings. The van der Waals surface area contributed by atoms with Crippen LogP contribution in [-0.2, 0) is 0 Å². The predicted molar refractivity (Wildman–Crippen MR) is 65.6 cm³/mol. The average molecular weight is 205 g/mol. The lowest BCUT2D eigenvalue weighted by Gasteiger charge is -2.37. The zero-order valence-electron chi connectivity index (χ0n) is 9.48. The fourth-order valence-corrected chi connectivity index (χ4v) is 2.10. The van der Waals surface area contributed by atoms with Gasteiger partial charge in [-0.05, 0) is 19.1 Å². The van der Waals surface area contributed by atoms with Crippen LogP contribution in [0, 0.1) is 0 Å². The standard InChI is InChI=1S/C12H19N3/c1-10(13)9-15-8-7-14(2)11-5-3-4-6-12(11)15/h3-6,10H,7-9,13H2,1-2H3/t10-/m1/s1. The van der Waals surface area contributed by atoms with E-state index in [0.717, 1.165) is 19.6 Å². The molecule has 1 aliphatic rings. The molecule has 0 amide bonds. The van der Waals surface area contributed by atoms with Crippen LogP contribution in [0.5, 0.6) is 0 Å². The third kappa shape index (κ3) is 2.07. The molecule has 0 unspecified atom stereocenters. The summed E-state index contributed by atoms with van der Waals surface area (Å²) in [4.78, 5) is 4.67. The summed E-state index contributed by atoms with van der Waals surface area (Å²) in [5.74, 6) is 0. The van der Waals surface area contributed by atoms with Gasteiger partial charge in [-0.3, -0.25) is 0 Å². The first kappa shape index (κ1) is 10.3. The Morgan fingerprint density at radius 2 is 1.93 bits per heavy atom. The number of nitrogens with zero attached hydrogens (tertiary/aromatic N) is 2. The molecule has 2 N–H and O–H groups in total. The number of benzene rings is 1. The molecule has 0 fully saturated rings. The van der Waals surface area contributed by atoms with Gasteiger partial charge in [0.15, 0.2) is 0 Å². The third-order valence-electron chi connectivity index (χ3n) is 2.85. The average Bonchev–Trinajstić information content (AvgIpc) is 2.22. The van der Waals surface area contributed by atoms with Crippen LogP contribution < -0.4 is 15.5 Å². The van der Waals surface area contributed by atoms with E-state index in [9.17, 15) is 0 Å². The van der Waals surface area contributed by atoms with Crippen molar-refractivity contribution in [3.05, 3.63) is 24.3 Å². The van der Waals surface area contributed by atoms with Gasteiger partial charge in [-0.2, -0.15) is 0 Å². The summed E-state index contributed by atoms with van der Waals surface area (Å²) in [6, 6.07) is 8.74. The van der Waals surface area contributed by atoms with Gasteiger partial charge in [-0.1, -0.05) is 12.1 Å². The van der Waals surface area contributed by atoms with Crippen LogP contribution in [0.15, 0.2) is 24.3 Å². The zero-order chi connectivity index (χ0) is 10.8. The second-order valence-corrected chi connectivity index (χ2v) is 4.33. The number of nitrogens with two attached hydrogens (primary N) is 1. The Morgan fingerprint density at radius 3 is 2.60 bits per heavy atom. The number of anilines is 2. The molecule has 0 radical (unpaired) electrons. The summed E-state index contributed by atoms with van der Waals surface area (Å²) in [6.45, 7) is 5.13. The number of hydrogen-bond acceptors (Lipinski definition) is 3. The summed E-state index contributed by atoms with van der Waals surface area (Å²) in [5, 5.41) is 0. The minimum Gasteiger partial charge on any atom is -0.371 e. The molecule has 0 spiro atoms. The van der Waals surface area contributed by atoms with Crippen molar-refractivity contribution in [3.8, 4) is 0 Å². The van der Waals surface area contributed by atoms with Crippen molar-refractivity contribution >= 4 is 11.4 Å². The van der Waals surface area contributed by atoms with Crippen molar-refractivity contribution in [1.29, 1.82) is 0 Å². The first-order chi connectivity index (χ1) is 7.18. The Bertz CT molecular complexity index is 335. The Hall–Kier alpha value is -1.22. The highest BCUT2D eigenvalue weighted by Crippen LogP contribution is 2.31. The molecule has 0 saturated carbocycles. The van der Waals surface area contributed by atoms with E-state index in [1.807, 2.05) is 0 Å². The molecule has 1 heterocycles. The molecule has 1 aliphatic heterocycles. The van der Waals surface area contributed by atoms with Gasteiger partial charge in [0.05, 0.1) is 11.4 Å². The highest BCUT2D eigenvalue weighted by molar-refractivity contribution is 5.73. The van der Waals surface area contributed by atoms with Crippen molar-refractivity contribution < 1.29 is 0 Å². The fourth-order valence-electron chi connectivity index (χ4n) is 2.10. The molecule has 0 aliphatic carbocycles. The lowest BCUT2D eigenvalue weighted by molar-refractivity contribution is 0.657. The van der Waals surface area contributed by atoms with Gasteiger partial charge in [0.2, 0.25) is 0 Å². The molecule has 1 atom stereocenters. The van der Waals surface area contributed by atoms with Crippen molar-refractivity contribution in [3.63, 3.8) is 0 Å². The molecule has 0 bridgehead atoms. The van der Waals surface area contributed by atoms with Crippen LogP contribution in [0.2, 0.25) is 0 Å². The minimum atomic E-state index is 0.224. The monoisotopic (exact) mass is 205 g/mol. The van der Waals surface area contributed by atoms with E-state index in [1.165, 1.54) is 11.4 Å². The third-order valence-corrected chi connectivity index (χ3v) is 2.85. The van der Waals surface area contributed by atoms with E-state index < -0.39 is 0 Å². The summed E-state index contributed by atoms with van der Waals surface area (Å²) in [7, 11) is 2.14. The van der Waals surface area contributed by atoms with E-state index in [-0.39, 0.29) is 6.04 Å². The number of likely N-dealkylation sites (N-methyl/N-ethyl adjacent to an activating group) is 1. The first-order valence-electron chi connectivity index (χ1n) is 5.49. The largest absolute Gasteiger partial charge is 0.371 e. The zero-order valence-corrected chi connectivity index (χ0v) is 9.48. The molecule has 82 valence electrons. The topological polar surface area (TPSA) is 32.5 Å². The fraction of sp³-hybridized carbons (Fsp3) is 0.500. The Kier molecular flexibility index (Phi) is 2.82. The van der Waals surface area contributed by atoms with E-state index in [4.69, 9.17) is 5.73 Å². The van der Waals surface area contributed by atoms with Crippen LogP contribution in [0.4, 0.5) is 11.4 Å². The lowest BCUT2D eigenvalue weighted by Crippen LogP contribution is -2.44. The van der Waals surface area contributed by atoms with E-state index >= 15 is 0 Å². The Labute approximate surface area is 91.5 Å². The van der Waals surface area contributed by atoms with Gasteiger partial charge >= 0.3 is 0 Å². The number of fused-ring (bicyclic) bond motifs is 1. The summed E-state index contributed by atoms with van der Waals surface area (Å²) < 4.78 is 0. The van der Waals surface area contributed by atoms with Crippen LogP contribution in [0.3, 0.4) is 0 Å². The van der Waals surface area contributed by atoms with E-state index in [1.54, 1.807) is 0 Å². The van der Waals surface area contributed by atoms with Gasteiger partial charge in [-0.25, -0.2) is 0 Å². The van der Waals surface area contributed by atoms with E-state index in [2.05, 4.69) is 48.0 Å². The highest BCUT2D eigenvalue weighted by Gasteiger charge is 2.19. The van der Waals surface area contributed by atoms with Crippen LogP contribution in [0.25, 0.3) is 0 Å². The maximum atomic E-state index is 5.86. The normalized spacial score (nSPS) is 17.5. The maximum Gasteiger partial charge on any atom is 0.0605 e. The van der Waals surface area contributed by atoms with Crippen molar-refractivity contribution in [1.82, 2.24) is 0 Å². The number of para-hydroxylation sites is 2. The highest BCUT2D eigenvalue weighted by atomic mass is 15.3. The van der Waals surface area contributed by atoms with Gasteiger partial charge in [-0.15, -0.1) is 0 Å². The molecular formula is C12H19N3. The van der Waals surface area contributed by atoms with E-state index in [0.29, 0.717) is 0 Å². The molecule has 15 heavy (non-hydrogen) atoms. The minimum absolute atomic E-state index is 0.224. The van der Waals surface area contributed by atoms with Crippen molar-refractivity contribution in [2.24, 2.45) is 5.73 Å². The molecular weight excluding hydrogens is 186 g/mol. The number of hydrogen-bond donors (Lipinski definition) is 1. The van der Waals surface area contributed by atoms with Crippen LogP contribution >= 0.6 is 0 Å². The predicted octanol–water partition coefficient (Wildman–Crippen LogP) is 1.29. The van der Waals surface area contributed by atoms with Gasteiger partial charge in [0, 0.05) is 32.7 Å². The van der Waals surface area contributed by atoms with Gasteiger partial charge in [0.1, 0.15) is 0 Å². The molecule has 1 aromatic carbocycles. The second kappa shape index (κ2) is 4.11. The molecule has 3 nitrogen and oxygen atoms in total. The lowest BCUT2D eigenvalue weighted by atomic mass is 10.1. The van der Waals surface area contributed by atoms with Crippen molar-refractivity contribution in [2.45, 2.75) is 13.0 Å². The smallest absolute Gasteiger partial charge is 0.0605 e. The summed E-state index contributed by atoms with van der Waals surface area (Å²) in [6.07, 6.45) is 0. The molecule has 0 saturated heterocycles. The van der Waals surface area contributed by atoms with Crippen LogP contribution in [0.1, 0.15) is 6.92 Å². The molecule has 3 heteroatoms. The molecule has 2 rings (SSSR count). The molecule has 0 aromatic heterocycles. The van der Waals surface area contributed by atoms with Gasteiger partial charge < -0.3 is 15.5 Å². The van der Waals surface area contributed by atoms with Gasteiger partial charge in [0.25, 0.3) is 0 Å². The summed E-state index contributed by atoms with van der Waals surface area (Å²) >= 11 is 0. The maximum absolute atomic E-state index is 5.86. The quantitative estimate of drug-likeness (QED) is 0.789. The SMILES string of the molecule is C[C@@H](N)CN1CCN(C)c2ccccc21. The second-order valence-electron chi connectivity index (χ2n) is 4.33. The Morgan fingerprint density at radius 1 is 1.27 bits per heavy atom. The Balaban J connectivity index is 2.28. The first-order valence-corrected chi connectivity index (χ1v) is 5.49.